The largest absolute Gasteiger partial charge is 0.477 e. The lowest BCUT2D eigenvalue weighted by atomic mass is 10.1. The number of hydrogen-bond acceptors (Lipinski definition) is 6. The van der Waals surface area contributed by atoms with Crippen molar-refractivity contribution in [1.82, 2.24) is 10.2 Å². The Bertz CT molecular complexity index is 949. The van der Waals surface area contributed by atoms with Crippen LogP contribution in [0.5, 0.6) is 0 Å². The van der Waals surface area contributed by atoms with Crippen LogP contribution >= 0.6 is 11.8 Å². The molecule has 0 unspecified atom stereocenters. The second-order valence-corrected chi connectivity index (χ2v) is 5.88. The number of carboxylic acids is 1. The fourth-order valence-electron chi connectivity index (χ4n) is 1.94. The first-order valence-electron chi connectivity index (χ1n) is 7.00. The van der Waals surface area contributed by atoms with Gasteiger partial charge in [0, 0.05) is 0 Å². The number of carboxylic acid groups (broad SMARTS) is 1. The minimum Gasteiger partial charge on any atom is -0.477 e. The summed E-state index contributed by atoms with van der Waals surface area (Å²) in [5, 5.41) is 16.6. The van der Waals surface area contributed by atoms with Gasteiger partial charge in [-0.05, 0) is 47.7 Å². The zero-order valence-corrected chi connectivity index (χ0v) is 13.5. The third-order valence-electron chi connectivity index (χ3n) is 3.06. The molecule has 0 fully saturated rings. The predicted octanol–water partition coefficient (Wildman–Crippen LogP) is 4.57. The first-order chi connectivity index (χ1) is 12.3. The Balaban J connectivity index is 1.86. The summed E-state index contributed by atoms with van der Waals surface area (Å²) in [5.74, 6) is -0.977. The molecular weight excluding hydrogens is 373 g/mol. The molecular formula is C16H9F3N2O4S. The molecule has 0 saturated heterocycles. The van der Waals surface area contributed by atoms with Crippen molar-refractivity contribution in [2.24, 2.45) is 0 Å². The standard InChI is InChI=1S/C16H9F3N2O4S/c17-16(18,19)10-4-1-3-9(7-10)8-12(14(22)23)26-15-21-20-13(25-15)11-5-2-6-24-11/h1-8H,(H,22,23). The van der Waals surface area contributed by atoms with Gasteiger partial charge in [-0.3, -0.25) is 0 Å². The number of furan rings is 1. The molecule has 0 bridgehead atoms. The number of halogens is 3. The summed E-state index contributed by atoms with van der Waals surface area (Å²) in [6.07, 6.45) is -2.02. The number of aliphatic carboxylic acids is 1. The topological polar surface area (TPSA) is 89.4 Å². The molecule has 2 aromatic heterocycles. The van der Waals surface area contributed by atoms with E-state index in [0.717, 1.165) is 18.2 Å². The van der Waals surface area contributed by atoms with Gasteiger partial charge in [0.15, 0.2) is 5.76 Å². The summed E-state index contributed by atoms with van der Waals surface area (Å²) in [5.41, 5.74) is -0.797. The van der Waals surface area contributed by atoms with Gasteiger partial charge in [-0.2, -0.15) is 13.2 Å². The number of hydrogen-bond donors (Lipinski definition) is 1. The third-order valence-corrected chi connectivity index (χ3v) is 3.91. The quantitative estimate of drug-likeness (QED) is 0.511. The Kier molecular flexibility index (Phi) is 4.85. The molecule has 0 atom stereocenters. The fourth-order valence-corrected chi connectivity index (χ4v) is 2.61. The zero-order chi connectivity index (χ0) is 18.7. The van der Waals surface area contributed by atoms with E-state index in [4.69, 9.17) is 8.83 Å². The molecule has 0 aliphatic carbocycles. The van der Waals surface area contributed by atoms with Gasteiger partial charge in [0.25, 0.3) is 11.1 Å². The summed E-state index contributed by atoms with van der Waals surface area (Å²) in [4.78, 5) is 11.1. The Morgan fingerprint density at radius 2 is 2.00 bits per heavy atom. The minimum atomic E-state index is -4.52. The summed E-state index contributed by atoms with van der Waals surface area (Å²) < 4.78 is 48.7. The summed E-state index contributed by atoms with van der Waals surface area (Å²) in [7, 11) is 0. The Morgan fingerprint density at radius 3 is 2.65 bits per heavy atom. The minimum absolute atomic E-state index is 0.0568. The van der Waals surface area contributed by atoms with Gasteiger partial charge < -0.3 is 13.9 Å². The lowest BCUT2D eigenvalue weighted by Gasteiger charge is -2.07. The number of rotatable bonds is 5. The van der Waals surface area contributed by atoms with Crippen molar-refractivity contribution in [2.75, 3.05) is 0 Å². The molecule has 2 heterocycles. The molecule has 3 aromatic rings. The molecule has 0 aliphatic rings. The van der Waals surface area contributed by atoms with Crippen molar-refractivity contribution in [3.8, 4) is 11.7 Å². The Hall–Kier alpha value is -3.01. The maximum Gasteiger partial charge on any atom is 0.416 e. The van der Waals surface area contributed by atoms with E-state index in [1.54, 1.807) is 12.1 Å². The van der Waals surface area contributed by atoms with Gasteiger partial charge in [-0.15, -0.1) is 10.2 Å². The normalized spacial score (nSPS) is 12.3. The molecule has 26 heavy (non-hydrogen) atoms. The first kappa shape index (κ1) is 17.8. The second kappa shape index (κ2) is 7.08. The van der Waals surface area contributed by atoms with Gasteiger partial charge in [0.05, 0.1) is 11.8 Å². The monoisotopic (exact) mass is 382 g/mol. The molecule has 0 amide bonds. The lowest BCUT2D eigenvalue weighted by Crippen LogP contribution is -2.04. The third kappa shape index (κ3) is 4.14. The van der Waals surface area contributed by atoms with Crippen molar-refractivity contribution in [2.45, 2.75) is 11.4 Å². The highest BCUT2D eigenvalue weighted by atomic mass is 32.2. The zero-order valence-electron chi connectivity index (χ0n) is 12.7. The molecule has 0 aliphatic heterocycles. The van der Waals surface area contributed by atoms with Crippen LogP contribution in [0.4, 0.5) is 13.2 Å². The predicted molar refractivity (Wildman–Crippen MR) is 84.9 cm³/mol. The molecule has 1 aromatic carbocycles. The van der Waals surface area contributed by atoms with E-state index in [9.17, 15) is 23.1 Å². The molecule has 0 radical (unpaired) electrons. The Morgan fingerprint density at radius 1 is 1.19 bits per heavy atom. The first-order valence-corrected chi connectivity index (χ1v) is 7.82. The Labute approximate surface area is 148 Å². The fraction of sp³-hybridized carbons (Fsp3) is 0.0625. The van der Waals surface area contributed by atoms with E-state index in [-0.39, 0.29) is 21.6 Å². The van der Waals surface area contributed by atoms with E-state index in [1.165, 1.54) is 18.4 Å². The maximum absolute atomic E-state index is 12.8. The average Bonchev–Trinajstić information content (AvgIpc) is 3.25. The second-order valence-electron chi connectivity index (χ2n) is 4.89. The molecule has 10 heteroatoms. The van der Waals surface area contributed by atoms with Crippen molar-refractivity contribution in [1.29, 1.82) is 0 Å². The van der Waals surface area contributed by atoms with E-state index >= 15 is 0 Å². The summed E-state index contributed by atoms with van der Waals surface area (Å²) in [6.45, 7) is 0. The van der Waals surface area contributed by atoms with Crippen LogP contribution in [-0.4, -0.2) is 21.3 Å². The highest BCUT2D eigenvalue weighted by Gasteiger charge is 2.30. The van der Waals surface area contributed by atoms with E-state index in [2.05, 4.69) is 10.2 Å². The SMILES string of the molecule is O=C(O)C(=Cc1cccc(C(F)(F)F)c1)Sc1nnc(-c2ccco2)o1. The number of benzene rings is 1. The molecule has 0 spiro atoms. The van der Waals surface area contributed by atoms with Crippen LogP contribution in [0.25, 0.3) is 17.7 Å². The van der Waals surface area contributed by atoms with E-state index < -0.39 is 17.7 Å². The number of thioether (sulfide) groups is 1. The van der Waals surface area contributed by atoms with Gasteiger partial charge in [-0.1, -0.05) is 12.1 Å². The van der Waals surface area contributed by atoms with Crippen LogP contribution in [-0.2, 0) is 11.0 Å². The molecule has 0 saturated carbocycles. The van der Waals surface area contributed by atoms with Gasteiger partial charge in [-0.25, -0.2) is 4.79 Å². The van der Waals surface area contributed by atoms with Crippen LogP contribution in [0.1, 0.15) is 11.1 Å². The number of aromatic nitrogens is 2. The highest BCUT2D eigenvalue weighted by molar-refractivity contribution is 8.03. The van der Waals surface area contributed by atoms with Crippen LogP contribution in [0.2, 0.25) is 0 Å². The van der Waals surface area contributed by atoms with Crippen LogP contribution in [0.15, 0.2) is 61.6 Å². The highest BCUT2D eigenvalue weighted by Crippen LogP contribution is 2.32. The van der Waals surface area contributed by atoms with Crippen molar-refractivity contribution < 1.29 is 31.9 Å². The van der Waals surface area contributed by atoms with Gasteiger partial charge >= 0.3 is 12.1 Å². The van der Waals surface area contributed by atoms with Gasteiger partial charge in [0.1, 0.15) is 4.91 Å². The van der Waals surface area contributed by atoms with Crippen molar-refractivity contribution >= 4 is 23.8 Å². The van der Waals surface area contributed by atoms with Crippen molar-refractivity contribution in [3.05, 3.63) is 58.7 Å². The molecule has 1 N–H and O–H groups in total. The van der Waals surface area contributed by atoms with Crippen LogP contribution < -0.4 is 0 Å². The van der Waals surface area contributed by atoms with E-state index in [0.29, 0.717) is 17.5 Å². The van der Waals surface area contributed by atoms with E-state index in [1.807, 2.05) is 0 Å². The molecule has 6 nitrogen and oxygen atoms in total. The molecule has 3 rings (SSSR count). The van der Waals surface area contributed by atoms with Crippen molar-refractivity contribution in [3.63, 3.8) is 0 Å². The summed E-state index contributed by atoms with van der Waals surface area (Å²) >= 11 is 0.621. The molecule has 134 valence electrons. The number of alkyl halides is 3. The maximum atomic E-state index is 12.8. The van der Waals surface area contributed by atoms with Gasteiger partial charge in [0.2, 0.25) is 0 Å². The summed E-state index contributed by atoms with van der Waals surface area (Å²) in [6, 6.07) is 7.51. The van der Waals surface area contributed by atoms with Crippen LogP contribution in [0.3, 0.4) is 0 Å². The average molecular weight is 382 g/mol. The lowest BCUT2D eigenvalue weighted by molar-refractivity contribution is -0.137. The number of carbonyl (C=O) groups is 1. The number of nitrogens with zero attached hydrogens (tertiary/aromatic N) is 2. The smallest absolute Gasteiger partial charge is 0.416 e. The van der Waals surface area contributed by atoms with Crippen LogP contribution in [0, 0.1) is 0 Å².